The van der Waals surface area contributed by atoms with Crippen LogP contribution in [0.25, 0.3) is 27.1 Å². The van der Waals surface area contributed by atoms with Crippen LogP contribution in [0.3, 0.4) is 0 Å². The molecule has 0 radical (unpaired) electrons. The Bertz CT molecular complexity index is 1280. The van der Waals surface area contributed by atoms with E-state index in [-0.39, 0.29) is 18.0 Å². The van der Waals surface area contributed by atoms with Crippen LogP contribution in [0.1, 0.15) is 60.3 Å². The van der Waals surface area contributed by atoms with Gasteiger partial charge in [-0.05, 0) is 55.9 Å². The molecule has 7 nitrogen and oxygen atoms in total. The lowest BCUT2D eigenvalue weighted by Gasteiger charge is -2.36. The second kappa shape index (κ2) is 7.46. The van der Waals surface area contributed by atoms with Gasteiger partial charge in [0.25, 0.3) is 5.91 Å². The van der Waals surface area contributed by atoms with Crippen molar-refractivity contribution in [2.24, 2.45) is 5.73 Å². The highest BCUT2D eigenvalue weighted by Crippen LogP contribution is 2.40. The topological polar surface area (TPSA) is 92.3 Å². The molecule has 0 unspecified atom stereocenters. The normalized spacial score (nSPS) is 19.7. The van der Waals surface area contributed by atoms with Gasteiger partial charge in [0.15, 0.2) is 5.65 Å². The number of carbonyl (C=O) groups excluding carboxylic acids is 1. The Kier molecular flexibility index (Phi) is 4.86. The van der Waals surface area contributed by atoms with E-state index in [0.29, 0.717) is 12.5 Å². The Morgan fingerprint density at radius 3 is 2.90 bits per heavy atom. The van der Waals surface area contributed by atoms with Gasteiger partial charge in [0.05, 0.1) is 20.8 Å². The number of nitrogens with two attached hydrogens (primary N) is 1. The van der Waals surface area contributed by atoms with Gasteiger partial charge in [-0.15, -0.1) is 11.3 Å². The molecule has 5 rings (SSSR count). The van der Waals surface area contributed by atoms with E-state index < -0.39 is 0 Å². The first-order valence-corrected chi connectivity index (χ1v) is 11.7. The number of H-pyrrole nitrogens is 1. The highest BCUT2D eigenvalue weighted by molar-refractivity contribution is 7.21. The lowest BCUT2D eigenvalue weighted by atomic mass is 9.99. The van der Waals surface area contributed by atoms with E-state index >= 15 is 0 Å². The second-order valence-corrected chi connectivity index (χ2v) is 10.1. The van der Waals surface area contributed by atoms with Gasteiger partial charge in [-0.25, -0.2) is 9.50 Å². The quantitative estimate of drug-likeness (QED) is 0.500. The second-order valence-electron chi connectivity index (χ2n) is 9.01. The van der Waals surface area contributed by atoms with Gasteiger partial charge in [0.2, 0.25) is 0 Å². The third kappa shape index (κ3) is 3.34. The fourth-order valence-corrected chi connectivity index (χ4v) is 5.94. The molecule has 0 aliphatic carbocycles. The van der Waals surface area contributed by atoms with Crippen LogP contribution in [-0.4, -0.2) is 49.0 Å². The summed E-state index contributed by atoms with van der Waals surface area (Å²) >= 11 is 1.58. The zero-order valence-electron chi connectivity index (χ0n) is 18.3. The Hall–Kier alpha value is -2.71. The third-order valence-corrected chi connectivity index (χ3v) is 7.48. The van der Waals surface area contributed by atoms with Crippen molar-refractivity contribution in [2.45, 2.75) is 58.5 Å². The van der Waals surface area contributed by atoms with Crippen molar-refractivity contribution in [3.05, 3.63) is 40.7 Å². The molecule has 0 aromatic carbocycles. The summed E-state index contributed by atoms with van der Waals surface area (Å²) in [6, 6.07) is 4.45. The maximum atomic E-state index is 13.3. The number of hydrogen-bond acceptors (Lipinski definition) is 5. The lowest BCUT2D eigenvalue weighted by Crippen LogP contribution is -2.50. The minimum absolute atomic E-state index is 0.0674. The molecule has 5 heterocycles. The molecule has 162 valence electrons. The number of likely N-dealkylation sites (tertiary alicyclic amines) is 1. The number of aryl methyl sites for hydroxylation is 1. The van der Waals surface area contributed by atoms with E-state index in [1.165, 1.54) is 5.56 Å². The van der Waals surface area contributed by atoms with Gasteiger partial charge >= 0.3 is 0 Å². The molecule has 8 heteroatoms. The SMILES string of the molecule is Cc1cc(-c2[nH]c3cc(C(=O)N4C[C@@H](N)CC[C@@H]4C)sc3c2C(C)C)cn2ncnc12. The van der Waals surface area contributed by atoms with Crippen LogP contribution in [-0.2, 0) is 0 Å². The van der Waals surface area contributed by atoms with Gasteiger partial charge in [0.1, 0.15) is 6.33 Å². The number of pyridine rings is 1. The summed E-state index contributed by atoms with van der Waals surface area (Å²) < 4.78 is 2.97. The summed E-state index contributed by atoms with van der Waals surface area (Å²) in [4.78, 5) is 23.9. The molecular formula is C23H28N6OS. The summed E-state index contributed by atoms with van der Waals surface area (Å²) in [5.41, 5.74) is 12.5. The highest BCUT2D eigenvalue weighted by Gasteiger charge is 2.30. The predicted octanol–water partition coefficient (Wildman–Crippen LogP) is 4.32. The van der Waals surface area contributed by atoms with Crippen LogP contribution >= 0.6 is 11.3 Å². The van der Waals surface area contributed by atoms with Gasteiger partial charge in [-0.3, -0.25) is 4.79 Å². The van der Waals surface area contributed by atoms with Crippen molar-refractivity contribution in [1.82, 2.24) is 24.5 Å². The smallest absolute Gasteiger partial charge is 0.264 e. The average molecular weight is 437 g/mol. The molecule has 1 amide bonds. The molecule has 4 aromatic rings. The van der Waals surface area contributed by atoms with Crippen molar-refractivity contribution < 1.29 is 4.79 Å². The van der Waals surface area contributed by atoms with E-state index in [0.717, 1.165) is 50.4 Å². The fourth-order valence-electron chi connectivity index (χ4n) is 4.67. The number of rotatable bonds is 3. The van der Waals surface area contributed by atoms with Crippen LogP contribution in [0.2, 0.25) is 0 Å². The van der Waals surface area contributed by atoms with Crippen molar-refractivity contribution in [3.63, 3.8) is 0 Å². The van der Waals surface area contributed by atoms with E-state index in [4.69, 9.17) is 5.73 Å². The molecule has 31 heavy (non-hydrogen) atoms. The van der Waals surface area contributed by atoms with Crippen molar-refractivity contribution in [3.8, 4) is 11.3 Å². The summed E-state index contributed by atoms with van der Waals surface area (Å²) in [7, 11) is 0. The molecule has 0 saturated carbocycles. The molecule has 4 aromatic heterocycles. The number of nitrogens with zero attached hydrogens (tertiary/aromatic N) is 4. The standard InChI is InChI=1S/C23H28N6OS/c1-12(2)19-20(15-7-13(3)22-25-11-26-29(22)9-15)27-17-8-18(31-21(17)19)23(30)28-10-16(24)6-5-14(28)4/h7-9,11-12,14,16,27H,5-6,10,24H2,1-4H3/t14-,16-/m0/s1. The summed E-state index contributed by atoms with van der Waals surface area (Å²) in [6.45, 7) is 9.18. The molecule has 1 fully saturated rings. The molecule has 2 atom stereocenters. The molecule has 1 saturated heterocycles. The Labute approximate surface area is 185 Å². The van der Waals surface area contributed by atoms with Gasteiger partial charge in [-0.2, -0.15) is 5.10 Å². The number of carbonyl (C=O) groups is 1. The van der Waals surface area contributed by atoms with E-state index in [1.54, 1.807) is 17.7 Å². The number of aromatic nitrogens is 4. The van der Waals surface area contributed by atoms with Crippen LogP contribution in [0.15, 0.2) is 24.7 Å². The summed E-state index contributed by atoms with van der Waals surface area (Å²) in [6.07, 6.45) is 5.53. The predicted molar refractivity (Wildman–Crippen MR) is 125 cm³/mol. The Morgan fingerprint density at radius 2 is 2.13 bits per heavy atom. The number of fused-ring (bicyclic) bond motifs is 2. The van der Waals surface area contributed by atoms with E-state index in [2.05, 4.69) is 48.8 Å². The Morgan fingerprint density at radius 1 is 1.32 bits per heavy atom. The molecule has 3 N–H and O–H groups in total. The van der Waals surface area contributed by atoms with Gasteiger partial charge in [0, 0.05) is 30.4 Å². The van der Waals surface area contributed by atoms with Crippen LogP contribution in [0.5, 0.6) is 0 Å². The van der Waals surface area contributed by atoms with Crippen molar-refractivity contribution >= 4 is 33.1 Å². The number of aromatic amines is 1. The number of amides is 1. The zero-order valence-corrected chi connectivity index (χ0v) is 19.2. The van der Waals surface area contributed by atoms with Gasteiger partial charge in [-0.1, -0.05) is 13.8 Å². The molecule has 0 bridgehead atoms. The molecule has 1 aliphatic heterocycles. The first-order chi connectivity index (χ1) is 14.8. The minimum Gasteiger partial charge on any atom is -0.354 e. The van der Waals surface area contributed by atoms with Crippen LogP contribution in [0.4, 0.5) is 0 Å². The van der Waals surface area contributed by atoms with Gasteiger partial charge < -0.3 is 15.6 Å². The zero-order chi connectivity index (χ0) is 21.9. The molecule has 1 aliphatic rings. The number of nitrogens with one attached hydrogen (secondary N) is 1. The van der Waals surface area contributed by atoms with Crippen LogP contribution < -0.4 is 5.73 Å². The number of hydrogen-bond donors (Lipinski definition) is 2. The highest BCUT2D eigenvalue weighted by atomic mass is 32.1. The van der Waals surface area contributed by atoms with Crippen molar-refractivity contribution in [1.29, 1.82) is 0 Å². The fraction of sp³-hybridized carbons (Fsp3) is 0.435. The first-order valence-electron chi connectivity index (χ1n) is 10.9. The Balaban J connectivity index is 1.58. The van der Waals surface area contributed by atoms with E-state index in [1.807, 2.05) is 21.7 Å². The molecular weight excluding hydrogens is 408 g/mol. The monoisotopic (exact) mass is 436 g/mol. The van der Waals surface area contributed by atoms with E-state index in [9.17, 15) is 4.79 Å². The maximum Gasteiger partial charge on any atom is 0.264 e. The average Bonchev–Trinajstić information content (AvgIpc) is 3.42. The van der Waals surface area contributed by atoms with Crippen molar-refractivity contribution in [2.75, 3.05) is 6.54 Å². The summed E-state index contributed by atoms with van der Waals surface area (Å²) in [5.74, 6) is 0.396. The van der Waals surface area contributed by atoms with Crippen LogP contribution in [0, 0.1) is 6.92 Å². The first kappa shape index (κ1) is 20.2. The summed E-state index contributed by atoms with van der Waals surface area (Å²) in [5, 5.41) is 4.32. The largest absolute Gasteiger partial charge is 0.354 e. The molecule has 0 spiro atoms. The number of piperidine rings is 1. The number of thiophene rings is 1. The third-order valence-electron chi connectivity index (χ3n) is 6.32. The lowest BCUT2D eigenvalue weighted by molar-refractivity contribution is 0.0618. The maximum absolute atomic E-state index is 13.3. The minimum atomic E-state index is 0.0674.